The molecule has 0 aliphatic carbocycles. The van der Waals surface area contributed by atoms with E-state index in [4.69, 9.17) is 11.6 Å². The first-order chi connectivity index (χ1) is 20.1. The van der Waals surface area contributed by atoms with Gasteiger partial charge in [0.2, 0.25) is 5.91 Å². The highest BCUT2D eigenvalue weighted by molar-refractivity contribution is 7.92. The van der Waals surface area contributed by atoms with Crippen LogP contribution in [-0.2, 0) is 27.4 Å². The van der Waals surface area contributed by atoms with Crippen LogP contribution < -0.4 is 20.5 Å². The zero-order chi connectivity index (χ0) is 31.3. The smallest absolute Gasteiger partial charge is 0.339 e. The minimum Gasteiger partial charge on any atom is -0.339 e. The summed E-state index contributed by atoms with van der Waals surface area (Å²) < 4.78 is 96.7. The minimum atomic E-state index is -4.66. The number of benzene rings is 3. The average molecular weight is 639 g/mol. The maximum atomic E-state index is 14.3. The molecule has 4 aromatic rings. The van der Waals surface area contributed by atoms with E-state index in [0.717, 1.165) is 35.0 Å². The van der Waals surface area contributed by atoms with Crippen LogP contribution in [0.25, 0.3) is 5.69 Å². The van der Waals surface area contributed by atoms with Gasteiger partial charge in [0.15, 0.2) is 11.6 Å². The van der Waals surface area contributed by atoms with Crippen molar-refractivity contribution in [1.82, 2.24) is 4.57 Å². The Morgan fingerprint density at radius 2 is 1.58 bits per heavy atom. The number of carbonyl (C=O) groups is 1. The molecule has 1 aromatic heterocycles. The summed E-state index contributed by atoms with van der Waals surface area (Å²) in [6.07, 6.45) is -3.30. The van der Waals surface area contributed by atoms with E-state index < -0.39 is 50.6 Å². The van der Waals surface area contributed by atoms with Crippen molar-refractivity contribution < 1.29 is 35.2 Å². The highest BCUT2D eigenvalue weighted by Gasteiger charge is 2.31. The van der Waals surface area contributed by atoms with Crippen molar-refractivity contribution in [1.29, 1.82) is 0 Å². The molecule has 0 spiro atoms. The molecule has 224 valence electrons. The van der Waals surface area contributed by atoms with Crippen molar-refractivity contribution >= 4 is 50.3 Å². The Morgan fingerprint density at radius 3 is 2.16 bits per heavy atom. The number of halogens is 6. The fraction of sp³-hybridized carbons (Fsp3) is 0.143. The van der Waals surface area contributed by atoms with Gasteiger partial charge in [0, 0.05) is 42.1 Å². The molecule has 0 saturated heterocycles. The fourth-order valence-corrected chi connectivity index (χ4v) is 6.06. The van der Waals surface area contributed by atoms with Crippen LogP contribution in [0.1, 0.15) is 18.1 Å². The third-order valence-corrected chi connectivity index (χ3v) is 8.14. The number of nitrogens with zero attached hydrogens (tertiary/aromatic N) is 2. The Kier molecular flexibility index (Phi) is 7.69. The molecule has 3 aromatic carbocycles. The van der Waals surface area contributed by atoms with Gasteiger partial charge < -0.3 is 10.2 Å². The molecular weight excluding hydrogens is 619 g/mol. The number of anilines is 4. The van der Waals surface area contributed by atoms with E-state index in [9.17, 15) is 40.0 Å². The first-order valence-electron chi connectivity index (χ1n) is 12.4. The van der Waals surface area contributed by atoms with Crippen molar-refractivity contribution in [3.63, 3.8) is 0 Å². The Morgan fingerprint density at radius 1 is 0.953 bits per heavy atom. The van der Waals surface area contributed by atoms with Gasteiger partial charge in [-0.3, -0.25) is 18.9 Å². The molecule has 0 saturated carbocycles. The van der Waals surface area contributed by atoms with Crippen LogP contribution in [0.5, 0.6) is 0 Å². The fourth-order valence-electron chi connectivity index (χ4n) is 4.71. The number of pyridine rings is 1. The second-order valence-electron chi connectivity index (χ2n) is 9.55. The largest absolute Gasteiger partial charge is 0.416 e. The molecule has 1 aliphatic rings. The third kappa shape index (κ3) is 6.06. The van der Waals surface area contributed by atoms with Crippen LogP contribution >= 0.6 is 11.6 Å². The zero-order valence-electron chi connectivity index (χ0n) is 22.0. The van der Waals surface area contributed by atoms with Gasteiger partial charge in [-0.15, -0.1) is 0 Å². The predicted octanol–water partition coefficient (Wildman–Crippen LogP) is 6.24. The number of hydrogen-bond acceptors (Lipinski definition) is 5. The van der Waals surface area contributed by atoms with Crippen LogP contribution in [0.2, 0.25) is 5.02 Å². The molecule has 0 bridgehead atoms. The third-order valence-electron chi connectivity index (χ3n) is 6.59. The van der Waals surface area contributed by atoms with Crippen molar-refractivity contribution in [3.05, 3.63) is 105 Å². The molecule has 0 atom stereocenters. The van der Waals surface area contributed by atoms with E-state index in [0.29, 0.717) is 41.7 Å². The number of alkyl halides is 3. The normalized spacial score (nSPS) is 13.1. The molecular formula is C28H20ClF5N4O4S. The van der Waals surface area contributed by atoms with E-state index in [1.54, 1.807) is 17.0 Å². The van der Waals surface area contributed by atoms with Crippen LogP contribution in [-0.4, -0.2) is 25.4 Å². The molecule has 15 heteroatoms. The summed E-state index contributed by atoms with van der Waals surface area (Å²) in [5.41, 5.74) is -0.884. The molecule has 1 amide bonds. The highest BCUT2D eigenvalue weighted by Crippen LogP contribution is 2.42. The monoisotopic (exact) mass is 638 g/mol. The van der Waals surface area contributed by atoms with Crippen LogP contribution in [0.4, 0.5) is 44.7 Å². The number of sulfonamides is 1. The molecule has 8 nitrogen and oxygen atoms in total. The second kappa shape index (κ2) is 11.0. The molecule has 2 N–H and O–H groups in total. The Balaban J connectivity index is 1.49. The Hall–Kier alpha value is -4.43. The van der Waals surface area contributed by atoms with Crippen molar-refractivity contribution in [2.75, 3.05) is 21.5 Å². The summed E-state index contributed by atoms with van der Waals surface area (Å²) in [5.74, 6) is -2.95. The molecule has 0 fully saturated rings. The number of carbonyl (C=O) groups excluding carboxylic acids is 1. The number of nitrogens with one attached hydrogen (secondary N) is 2. The summed E-state index contributed by atoms with van der Waals surface area (Å²) in [5, 5.41) is 2.34. The van der Waals surface area contributed by atoms with E-state index in [-0.39, 0.29) is 15.6 Å². The number of rotatable bonds is 6. The highest BCUT2D eigenvalue weighted by atomic mass is 35.5. The van der Waals surface area contributed by atoms with Crippen molar-refractivity contribution in [2.45, 2.75) is 24.4 Å². The topological polar surface area (TPSA) is 101 Å². The van der Waals surface area contributed by atoms with Crippen LogP contribution in [0, 0.1) is 11.6 Å². The molecule has 0 radical (unpaired) electrons. The van der Waals surface area contributed by atoms with Crippen molar-refractivity contribution in [3.8, 4) is 5.69 Å². The lowest BCUT2D eigenvalue weighted by Gasteiger charge is -2.23. The van der Waals surface area contributed by atoms with E-state index in [1.807, 2.05) is 4.72 Å². The quantitative estimate of drug-likeness (QED) is 0.244. The van der Waals surface area contributed by atoms with Crippen LogP contribution in [0.3, 0.4) is 0 Å². The standard InChI is InChI=1S/C28H20ClF5N4O4S/c1-15(39)35-24-14-21(43(41,42)36-26-22(30)12-18(29)13-23(26)31)10-16-6-8-38(27(16)24)20-4-2-19(3-5-20)37-9-7-17(11-25(37)40)28(32,33)34/h2-5,7,9-14,36H,6,8H2,1H3,(H,35,39). The molecule has 43 heavy (non-hydrogen) atoms. The second-order valence-corrected chi connectivity index (χ2v) is 11.7. The lowest BCUT2D eigenvalue weighted by Crippen LogP contribution is -2.20. The lowest BCUT2D eigenvalue weighted by atomic mass is 10.1. The number of hydrogen-bond donors (Lipinski definition) is 2. The Bertz CT molecular complexity index is 1910. The zero-order valence-corrected chi connectivity index (χ0v) is 23.5. The number of fused-ring (bicyclic) bond motifs is 1. The van der Waals surface area contributed by atoms with Gasteiger partial charge in [0.25, 0.3) is 15.6 Å². The predicted molar refractivity (Wildman–Crippen MR) is 151 cm³/mol. The maximum absolute atomic E-state index is 14.3. The number of aromatic nitrogens is 1. The summed E-state index contributed by atoms with van der Waals surface area (Å²) in [6.45, 7) is 1.57. The number of amides is 1. The first kappa shape index (κ1) is 30.0. The van der Waals surface area contributed by atoms with E-state index >= 15 is 0 Å². The average Bonchev–Trinajstić information content (AvgIpc) is 3.35. The molecule has 0 unspecified atom stereocenters. The Labute approximate surface area is 246 Å². The maximum Gasteiger partial charge on any atom is 0.416 e. The van der Waals surface area contributed by atoms with Gasteiger partial charge in [0.05, 0.1) is 21.8 Å². The summed E-state index contributed by atoms with van der Waals surface area (Å²) >= 11 is 5.62. The lowest BCUT2D eigenvalue weighted by molar-refractivity contribution is -0.137. The molecule has 5 rings (SSSR count). The van der Waals surface area contributed by atoms with Crippen molar-refractivity contribution in [2.24, 2.45) is 0 Å². The first-order valence-corrected chi connectivity index (χ1v) is 14.3. The van der Waals surface area contributed by atoms with Gasteiger partial charge >= 0.3 is 6.18 Å². The minimum absolute atomic E-state index is 0.114. The molecule has 1 aliphatic heterocycles. The summed E-state index contributed by atoms with van der Waals surface area (Å²) in [4.78, 5) is 25.8. The van der Waals surface area contributed by atoms with Gasteiger partial charge in [-0.25, -0.2) is 17.2 Å². The molecule has 2 heterocycles. The van der Waals surface area contributed by atoms with Gasteiger partial charge in [-0.05, 0) is 66.6 Å². The SMILES string of the molecule is CC(=O)Nc1cc(S(=O)(=O)Nc2c(F)cc(Cl)cc2F)cc2c1N(c1ccc(-n3ccc(C(F)(F)F)cc3=O)cc1)CC2. The van der Waals surface area contributed by atoms with Gasteiger partial charge in [0.1, 0.15) is 5.69 Å². The van der Waals surface area contributed by atoms with Gasteiger partial charge in [-0.2, -0.15) is 13.2 Å². The van der Waals surface area contributed by atoms with E-state index in [1.165, 1.54) is 25.1 Å². The van der Waals surface area contributed by atoms with E-state index in [2.05, 4.69) is 5.32 Å². The summed E-state index contributed by atoms with van der Waals surface area (Å²) in [7, 11) is -4.53. The van der Waals surface area contributed by atoms with Gasteiger partial charge in [-0.1, -0.05) is 11.6 Å². The van der Waals surface area contributed by atoms with Crippen LogP contribution in [0.15, 0.2) is 76.6 Å². The summed E-state index contributed by atoms with van der Waals surface area (Å²) in [6, 6.07) is 11.6.